The number of fused-ring (bicyclic) bond motifs is 1. The first-order chi connectivity index (χ1) is 12.4. The third-order valence-electron chi connectivity index (χ3n) is 4.18. The number of para-hydroxylation sites is 1. The molecule has 134 valence electrons. The zero-order valence-electron chi connectivity index (χ0n) is 14.3. The minimum atomic E-state index is -0.303. The van der Waals surface area contributed by atoms with Gasteiger partial charge in [-0.1, -0.05) is 29.8 Å². The summed E-state index contributed by atoms with van der Waals surface area (Å²) in [6, 6.07) is 12.7. The molecular weight excluding hydrogens is 418 g/mol. The molecular formula is C19H17BrClN3O2. The fourth-order valence-electron chi connectivity index (χ4n) is 2.85. The van der Waals surface area contributed by atoms with Gasteiger partial charge in [0, 0.05) is 33.8 Å². The molecule has 0 aliphatic carbocycles. The van der Waals surface area contributed by atoms with E-state index in [-0.39, 0.29) is 18.4 Å². The van der Waals surface area contributed by atoms with Gasteiger partial charge >= 0.3 is 0 Å². The normalized spacial score (nSPS) is 10.8. The Bertz CT molecular complexity index is 1010. The first-order valence-electron chi connectivity index (χ1n) is 7.97. The third kappa shape index (κ3) is 3.48. The van der Waals surface area contributed by atoms with Crippen molar-refractivity contribution in [3.63, 3.8) is 0 Å². The Morgan fingerprint density at radius 1 is 1.19 bits per heavy atom. The van der Waals surface area contributed by atoms with E-state index in [0.717, 1.165) is 21.1 Å². The summed E-state index contributed by atoms with van der Waals surface area (Å²) in [5, 5.41) is 6.75. The molecule has 0 aliphatic heterocycles. The van der Waals surface area contributed by atoms with Crippen LogP contribution in [0.4, 0.5) is 5.69 Å². The fourth-order valence-corrected chi connectivity index (χ4v) is 3.60. The number of benzene rings is 2. The fraction of sp³-hybridized carbons (Fsp3) is 0.158. The van der Waals surface area contributed by atoms with Gasteiger partial charge in [0.15, 0.2) is 0 Å². The highest BCUT2D eigenvalue weighted by Crippen LogP contribution is 2.30. The van der Waals surface area contributed by atoms with E-state index in [4.69, 9.17) is 11.6 Å². The molecule has 1 aromatic heterocycles. The molecule has 0 fully saturated rings. The largest absolute Gasteiger partial charge is 0.355 e. The van der Waals surface area contributed by atoms with E-state index in [2.05, 4.69) is 26.6 Å². The van der Waals surface area contributed by atoms with Crippen LogP contribution in [0.2, 0.25) is 5.02 Å². The van der Waals surface area contributed by atoms with Crippen molar-refractivity contribution in [3.8, 4) is 0 Å². The number of halogens is 2. The number of amides is 2. The minimum Gasteiger partial charge on any atom is -0.355 e. The van der Waals surface area contributed by atoms with Gasteiger partial charge in [-0.3, -0.25) is 9.59 Å². The van der Waals surface area contributed by atoms with Crippen molar-refractivity contribution in [3.05, 3.63) is 63.2 Å². The predicted octanol–water partition coefficient (Wildman–Crippen LogP) is 4.36. The van der Waals surface area contributed by atoms with Crippen molar-refractivity contribution in [1.82, 2.24) is 9.88 Å². The highest BCUT2D eigenvalue weighted by Gasteiger charge is 2.15. The van der Waals surface area contributed by atoms with Gasteiger partial charge in [0.05, 0.1) is 10.6 Å². The maximum atomic E-state index is 12.5. The van der Waals surface area contributed by atoms with Crippen LogP contribution in [0.3, 0.4) is 0 Å². The second kappa shape index (κ2) is 7.51. The molecule has 2 aromatic carbocycles. The van der Waals surface area contributed by atoms with Gasteiger partial charge in [-0.05, 0) is 47.1 Å². The van der Waals surface area contributed by atoms with Crippen molar-refractivity contribution >= 4 is 55.9 Å². The van der Waals surface area contributed by atoms with Gasteiger partial charge in [0.1, 0.15) is 6.54 Å². The third-order valence-corrected chi connectivity index (χ3v) is 5.51. The summed E-state index contributed by atoms with van der Waals surface area (Å²) in [5.74, 6) is -0.492. The molecule has 0 saturated heterocycles. The van der Waals surface area contributed by atoms with E-state index >= 15 is 0 Å². The predicted molar refractivity (Wildman–Crippen MR) is 108 cm³/mol. The van der Waals surface area contributed by atoms with Crippen LogP contribution in [-0.2, 0) is 11.3 Å². The summed E-state index contributed by atoms with van der Waals surface area (Å²) in [6.07, 6.45) is 0. The summed E-state index contributed by atoms with van der Waals surface area (Å²) in [6.45, 7) is 2.12. The van der Waals surface area contributed by atoms with Crippen molar-refractivity contribution in [2.24, 2.45) is 0 Å². The number of carbonyl (C=O) groups excluding carboxylic acids is 2. The lowest BCUT2D eigenvalue weighted by atomic mass is 10.2. The van der Waals surface area contributed by atoms with Crippen LogP contribution in [0.15, 0.2) is 46.9 Å². The molecule has 2 amide bonds. The van der Waals surface area contributed by atoms with Crippen LogP contribution in [0.1, 0.15) is 16.1 Å². The zero-order valence-corrected chi connectivity index (χ0v) is 16.6. The smallest absolute Gasteiger partial charge is 0.252 e. The number of carbonyl (C=O) groups is 2. The van der Waals surface area contributed by atoms with E-state index in [1.165, 1.54) is 7.05 Å². The highest BCUT2D eigenvalue weighted by molar-refractivity contribution is 9.10. The summed E-state index contributed by atoms with van der Waals surface area (Å²) < 4.78 is 2.93. The molecule has 5 nitrogen and oxygen atoms in total. The molecule has 2 N–H and O–H groups in total. The van der Waals surface area contributed by atoms with Gasteiger partial charge in [0.2, 0.25) is 5.91 Å². The standard InChI is InChI=1S/C19H17BrClN3O2/c1-11-18(20)13-5-3-4-6-16(13)24(11)10-17(25)23-12-7-8-15(21)14(9-12)19(26)22-2/h3-9H,10H2,1-2H3,(H,22,26)(H,23,25). The monoisotopic (exact) mass is 433 g/mol. The average molecular weight is 435 g/mol. The summed E-state index contributed by atoms with van der Waals surface area (Å²) in [7, 11) is 1.53. The topological polar surface area (TPSA) is 63.1 Å². The number of hydrogen-bond donors (Lipinski definition) is 2. The molecule has 0 aliphatic rings. The maximum absolute atomic E-state index is 12.5. The lowest BCUT2D eigenvalue weighted by Gasteiger charge is -2.11. The number of nitrogens with zero attached hydrogens (tertiary/aromatic N) is 1. The molecule has 0 bridgehead atoms. The van der Waals surface area contributed by atoms with Gasteiger partial charge in [0.25, 0.3) is 5.91 Å². The Labute approximate surface area is 164 Å². The second-order valence-corrected chi connectivity index (χ2v) is 7.02. The van der Waals surface area contributed by atoms with Crippen LogP contribution >= 0.6 is 27.5 Å². The average Bonchev–Trinajstić information content (AvgIpc) is 2.88. The molecule has 7 heteroatoms. The van der Waals surface area contributed by atoms with Crippen molar-refractivity contribution < 1.29 is 9.59 Å². The quantitative estimate of drug-likeness (QED) is 0.641. The first-order valence-corrected chi connectivity index (χ1v) is 9.14. The number of nitrogens with one attached hydrogen (secondary N) is 2. The Hall–Kier alpha value is -2.31. The number of anilines is 1. The molecule has 0 radical (unpaired) electrons. The first kappa shape index (κ1) is 18.5. The van der Waals surface area contributed by atoms with Crippen LogP contribution < -0.4 is 10.6 Å². The molecule has 1 heterocycles. The summed E-state index contributed by atoms with van der Waals surface area (Å²) >= 11 is 9.63. The van der Waals surface area contributed by atoms with E-state index in [0.29, 0.717) is 16.3 Å². The van der Waals surface area contributed by atoms with E-state index in [9.17, 15) is 9.59 Å². The van der Waals surface area contributed by atoms with E-state index in [1.54, 1.807) is 18.2 Å². The molecule has 3 rings (SSSR count). The van der Waals surface area contributed by atoms with Crippen molar-refractivity contribution in [2.45, 2.75) is 13.5 Å². The van der Waals surface area contributed by atoms with Crippen LogP contribution in [-0.4, -0.2) is 23.4 Å². The summed E-state index contributed by atoms with van der Waals surface area (Å²) in [5.41, 5.74) is 2.79. The number of hydrogen-bond acceptors (Lipinski definition) is 2. The summed E-state index contributed by atoms with van der Waals surface area (Å²) in [4.78, 5) is 24.4. The Balaban J connectivity index is 1.85. The molecule has 0 unspecified atom stereocenters. The Kier molecular flexibility index (Phi) is 5.34. The van der Waals surface area contributed by atoms with E-state index in [1.807, 2.05) is 35.8 Å². The van der Waals surface area contributed by atoms with Crippen molar-refractivity contribution in [2.75, 3.05) is 12.4 Å². The Morgan fingerprint density at radius 3 is 2.65 bits per heavy atom. The lowest BCUT2D eigenvalue weighted by Crippen LogP contribution is -2.21. The van der Waals surface area contributed by atoms with Crippen LogP contribution in [0, 0.1) is 6.92 Å². The molecule has 26 heavy (non-hydrogen) atoms. The SMILES string of the molecule is CNC(=O)c1cc(NC(=O)Cn2c(C)c(Br)c3ccccc32)ccc1Cl. The minimum absolute atomic E-state index is 0.163. The number of rotatable bonds is 4. The zero-order chi connectivity index (χ0) is 18.8. The van der Waals surface area contributed by atoms with Gasteiger partial charge in [-0.2, -0.15) is 0 Å². The van der Waals surface area contributed by atoms with Gasteiger partial charge in [-0.15, -0.1) is 0 Å². The van der Waals surface area contributed by atoms with E-state index < -0.39 is 0 Å². The van der Waals surface area contributed by atoms with Crippen molar-refractivity contribution in [1.29, 1.82) is 0 Å². The lowest BCUT2D eigenvalue weighted by molar-refractivity contribution is -0.116. The van der Waals surface area contributed by atoms with Crippen LogP contribution in [0.25, 0.3) is 10.9 Å². The maximum Gasteiger partial charge on any atom is 0.252 e. The number of aromatic nitrogens is 1. The second-order valence-electron chi connectivity index (χ2n) is 5.82. The Morgan fingerprint density at radius 2 is 1.92 bits per heavy atom. The van der Waals surface area contributed by atoms with Gasteiger partial charge < -0.3 is 15.2 Å². The molecule has 0 spiro atoms. The highest BCUT2D eigenvalue weighted by atomic mass is 79.9. The van der Waals surface area contributed by atoms with Crippen LogP contribution in [0.5, 0.6) is 0 Å². The molecule has 0 saturated carbocycles. The molecule has 3 aromatic rings. The van der Waals surface area contributed by atoms with Gasteiger partial charge in [-0.25, -0.2) is 0 Å². The molecule has 0 atom stereocenters.